The lowest BCUT2D eigenvalue weighted by atomic mass is 10.00. The van der Waals surface area contributed by atoms with Crippen molar-refractivity contribution in [3.05, 3.63) is 48.0 Å². The van der Waals surface area contributed by atoms with Gasteiger partial charge in [-0.3, -0.25) is 4.99 Å². The number of rotatable bonds is 6. The summed E-state index contributed by atoms with van der Waals surface area (Å²) in [4.78, 5) is 4.56. The summed E-state index contributed by atoms with van der Waals surface area (Å²) in [6.07, 6.45) is 0. The number of nitrogens with one attached hydrogen (secondary N) is 2. The van der Waals surface area contributed by atoms with Crippen molar-refractivity contribution in [1.29, 1.82) is 0 Å². The summed E-state index contributed by atoms with van der Waals surface area (Å²) >= 11 is 0. The number of aliphatic hydroxyl groups excluding tert-OH is 1. The highest BCUT2D eigenvalue weighted by atomic mass is 127. The van der Waals surface area contributed by atoms with Crippen LogP contribution < -0.4 is 10.6 Å². The van der Waals surface area contributed by atoms with E-state index in [1.165, 1.54) is 16.3 Å². The summed E-state index contributed by atoms with van der Waals surface area (Å²) in [5.41, 5.74) is 1.25. The van der Waals surface area contributed by atoms with Gasteiger partial charge in [0.1, 0.15) is 0 Å². The molecule has 0 aliphatic carbocycles. The molecule has 0 amide bonds. The zero-order chi connectivity index (χ0) is 16.7. The van der Waals surface area contributed by atoms with Crippen LogP contribution in [0.4, 0.5) is 0 Å². The smallest absolute Gasteiger partial charge is 0.191 e. The third-order valence-corrected chi connectivity index (χ3v) is 3.86. The minimum Gasteiger partial charge on any atom is -0.396 e. The van der Waals surface area contributed by atoms with Crippen LogP contribution in [0.1, 0.15) is 32.4 Å². The Morgan fingerprint density at radius 1 is 1.12 bits per heavy atom. The van der Waals surface area contributed by atoms with Crippen molar-refractivity contribution in [3.8, 4) is 0 Å². The molecule has 0 bridgehead atoms. The van der Waals surface area contributed by atoms with E-state index >= 15 is 0 Å². The quantitative estimate of drug-likeness (QED) is 0.364. The maximum atomic E-state index is 9.15. The molecule has 4 nitrogen and oxygen atoms in total. The maximum Gasteiger partial charge on any atom is 0.191 e. The lowest BCUT2D eigenvalue weighted by Crippen LogP contribution is -2.39. The van der Waals surface area contributed by atoms with Gasteiger partial charge in [0.15, 0.2) is 5.96 Å². The minimum atomic E-state index is 0. The van der Waals surface area contributed by atoms with Crippen LogP contribution in [0.5, 0.6) is 0 Å². The molecule has 0 saturated heterocycles. The number of nitrogens with zero attached hydrogens (tertiary/aromatic N) is 1. The first kappa shape index (κ1) is 20.7. The van der Waals surface area contributed by atoms with Gasteiger partial charge in [0.25, 0.3) is 0 Å². The molecule has 0 saturated carbocycles. The van der Waals surface area contributed by atoms with Gasteiger partial charge in [0.2, 0.25) is 0 Å². The molecule has 5 heteroatoms. The molecule has 0 heterocycles. The van der Waals surface area contributed by atoms with E-state index in [4.69, 9.17) is 5.11 Å². The molecule has 2 rings (SSSR count). The molecule has 2 aromatic rings. The van der Waals surface area contributed by atoms with Crippen molar-refractivity contribution in [1.82, 2.24) is 10.6 Å². The fraction of sp³-hybridized carbons (Fsp3) is 0.421. The van der Waals surface area contributed by atoms with Crippen LogP contribution >= 0.6 is 24.0 Å². The summed E-state index contributed by atoms with van der Waals surface area (Å²) in [7, 11) is 0. The summed E-state index contributed by atoms with van der Waals surface area (Å²) in [6, 6.07) is 14.9. The highest BCUT2D eigenvalue weighted by molar-refractivity contribution is 14.0. The molecule has 24 heavy (non-hydrogen) atoms. The summed E-state index contributed by atoms with van der Waals surface area (Å²) in [6.45, 7) is 7.75. The highest BCUT2D eigenvalue weighted by Crippen LogP contribution is 2.23. The lowest BCUT2D eigenvalue weighted by molar-refractivity contribution is 0.241. The van der Waals surface area contributed by atoms with Gasteiger partial charge in [-0.2, -0.15) is 0 Å². The van der Waals surface area contributed by atoms with Gasteiger partial charge < -0.3 is 15.7 Å². The summed E-state index contributed by atoms with van der Waals surface area (Å²) < 4.78 is 0. The number of guanidine groups is 1. The molecule has 0 radical (unpaired) electrons. The zero-order valence-corrected chi connectivity index (χ0v) is 17.0. The Morgan fingerprint density at radius 2 is 1.83 bits per heavy atom. The van der Waals surface area contributed by atoms with E-state index in [0.717, 1.165) is 12.5 Å². The van der Waals surface area contributed by atoms with Crippen LogP contribution in [-0.2, 0) is 0 Å². The first-order chi connectivity index (χ1) is 11.2. The monoisotopic (exact) mass is 441 g/mol. The standard InChI is InChI=1S/C19H27N3O.HI/c1-4-20-19(21-12-14(2)13-23)22-15(3)17-11-7-9-16-8-5-6-10-18(16)17;/h5-11,14-15,23H,4,12-13H2,1-3H3,(H2,20,21,22);1H. The number of benzene rings is 2. The Morgan fingerprint density at radius 3 is 2.54 bits per heavy atom. The largest absolute Gasteiger partial charge is 0.396 e. The highest BCUT2D eigenvalue weighted by Gasteiger charge is 2.11. The van der Waals surface area contributed by atoms with Crippen LogP contribution in [0.3, 0.4) is 0 Å². The molecule has 132 valence electrons. The molecule has 3 N–H and O–H groups in total. The van der Waals surface area contributed by atoms with E-state index in [-0.39, 0.29) is 42.5 Å². The van der Waals surface area contributed by atoms with Gasteiger partial charge in [0.05, 0.1) is 6.04 Å². The molecule has 0 fully saturated rings. The third-order valence-electron chi connectivity index (χ3n) is 3.86. The van der Waals surface area contributed by atoms with Crippen molar-refractivity contribution in [2.24, 2.45) is 10.9 Å². The SMILES string of the molecule is CCNC(=NCC(C)CO)NC(C)c1cccc2ccccc12.I. The fourth-order valence-electron chi connectivity index (χ4n) is 2.54. The maximum absolute atomic E-state index is 9.15. The number of aliphatic imine (C=N–C) groups is 1. The number of hydrogen-bond donors (Lipinski definition) is 3. The average Bonchev–Trinajstić information content (AvgIpc) is 2.58. The lowest BCUT2D eigenvalue weighted by Gasteiger charge is -2.20. The van der Waals surface area contributed by atoms with Crippen LogP contribution in [0, 0.1) is 5.92 Å². The normalized spacial score (nSPS) is 13.9. The van der Waals surface area contributed by atoms with Crippen molar-refractivity contribution in [3.63, 3.8) is 0 Å². The van der Waals surface area contributed by atoms with Crippen LogP contribution in [0.15, 0.2) is 47.5 Å². The van der Waals surface area contributed by atoms with E-state index < -0.39 is 0 Å². The van der Waals surface area contributed by atoms with Crippen molar-refractivity contribution < 1.29 is 5.11 Å². The predicted octanol–water partition coefficient (Wildman–Crippen LogP) is 3.70. The summed E-state index contributed by atoms with van der Waals surface area (Å²) in [5, 5.41) is 18.4. The Kier molecular flexibility index (Phi) is 9.07. The molecule has 0 spiro atoms. The number of hydrogen-bond acceptors (Lipinski definition) is 2. The molecule has 2 aromatic carbocycles. The third kappa shape index (κ3) is 5.63. The van der Waals surface area contributed by atoms with E-state index in [1.807, 2.05) is 6.92 Å². The molecule has 2 atom stereocenters. The number of fused-ring (bicyclic) bond motifs is 1. The predicted molar refractivity (Wildman–Crippen MR) is 113 cm³/mol. The number of aliphatic hydroxyl groups is 1. The van der Waals surface area contributed by atoms with Gasteiger partial charge in [-0.1, -0.05) is 49.4 Å². The number of halogens is 1. The topological polar surface area (TPSA) is 56.7 Å². The molecule has 0 aliphatic rings. The van der Waals surface area contributed by atoms with E-state index in [9.17, 15) is 0 Å². The zero-order valence-electron chi connectivity index (χ0n) is 14.6. The van der Waals surface area contributed by atoms with Gasteiger partial charge >= 0.3 is 0 Å². The Bertz CT molecular complexity index is 655. The van der Waals surface area contributed by atoms with Crippen LogP contribution in [-0.4, -0.2) is 30.8 Å². The van der Waals surface area contributed by atoms with E-state index in [2.05, 4.69) is 71.9 Å². The first-order valence-corrected chi connectivity index (χ1v) is 8.29. The molecule has 0 aromatic heterocycles. The first-order valence-electron chi connectivity index (χ1n) is 8.29. The average molecular weight is 441 g/mol. The summed E-state index contributed by atoms with van der Waals surface area (Å²) in [5.74, 6) is 0.951. The van der Waals surface area contributed by atoms with Crippen molar-refractivity contribution in [2.45, 2.75) is 26.8 Å². The molecule has 0 aliphatic heterocycles. The van der Waals surface area contributed by atoms with Gasteiger partial charge in [-0.25, -0.2) is 0 Å². The fourth-order valence-corrected chi connectivity index (χ4v) is 2.54. The van der Waals surface area contributed by atoms with E-state index in [0.29, 0.717) is 6.54 Å². The minimum absolute atomic E-state index is 0. The van der Waals surface area contributed by atoms with Crippen LogP contribution in [0.25, 0.3) is 10.8 Å². The van der Waals surface area contributed by atoms with Gasteiger partial charge in [-0.05, 0) is 36.1 Å². The van der Waals surface area contributed by atoms with Gasteiger partial charge in [-0.15, -0.1) is 24.0 Å². The Labute approximate surface area is 161 Å². The van der Waals surface area contributed by atoms with Crippen molar-refractivity contribution >= 4 is 40.7 Å². The second kappa shape index (κ2) is 10.5. The second-order valence-corrected chi connectivity index (χ2v) is 5.94. The molecular formula is C19H28IN3O. The van der Waals surface area contributed by atoms with E-state index in [1.54, 1.807) is 0 Å². The van der Waals surface area contributed by atoms with Crippen molar-refractivity contribution in [2.75, 3.05) is 19.7 Å². The van der Waals surface area contributed by atoms with Gasteiger partial charge in [0, 0.05) is 19.7 Å². The second-order valence-electron chi connectivity index (χ2n) is 5.94. The Hall–Kier alpha value is -1.34. The molecule has 2 unspecified atom stereocenters. The molecular weight excluding hydrogens is 413 g/mol. The Balaban J connectivity index is 0.00000288. The van der Waals surface area contributed by atoms with Crippen LogP contribution in [0.2, 0.25) is 0 Å².